The van der Waals surface area contributed by atoms with Gasteiger partial charge in [0.15, 0.2) is 0 Å². The van der Waals surface area contributed by atoms with Crippen molar-refractivity contribution in [3.63, 3.8) is 0 Å². The van der Waals surface area contributed by atoms with Crippen molar-refractivity contribution in [2.24, 2.45) is 0 Å². The van der Waals surface area contributed by atoms with Gasteiger partial charge in [0, 0.05) is 29.7 Å². The number of amides is 2. The molecular formula is C21H27N3O2S. The minimum atomic E-state index is 0.0132. The van der Waals surface area contributed by atoms with E-state index < -0.39 is 0 Å². The highest BCUT2D eigenvalue weighted by atomic mass is 32.1. The number of carbonyl (C=O) groups excluding carboxylic acids is 2. The molecule has 6 heteroatoms. The lowest BCUT2D eigenvalue weighted by atomic mass is 10.0. The fraction of sp³-hybridized carbons (Fsp3) is 0.429. The van der Waals surface area contributed by atoms with Gasteiger partial charge >= 0.3 is 0 Å². The van der Waals surface area contributed by atoms with Crippen molar-refractivity contribution in [1.82, 2.24) is 10.2 Å². The summed E-state index contributed by atoms with van der Waals surface area (Å²) in [7, 11) is 0. The summed E-state index contributed by atoms with van der Waals surface area (Å²) in [6.07, 6.45) is 1.74. The molecule has 1 aromatic carbocycles. The van der Waals surface area contributed by atoms with Crippen LogP contribution in [0.1, 0.15) is 38.5 Å². The number of nitrogens with one attached hydrogen (secondary N) is 2. The summed E-state index contributed by atoms with van der Waals surface area (Å²) in [6, 6.07) is 9.97. The smallest absolute Gasteiger partial charge is 0.261 e. The molecule has 0 aliphatic carbocycles. The molecular weight excluding hydrogens is 358 g/mol. The highest BCUT2D eigenvalue weighted by Gasteiger charge is 2.23. The van der Waals surface area contributed by atoms with Crippen molar-refractivity contribution in [2.75, 3.05) is 25.0 Å². The Balaban J connectivity index is 1.44. The molecule has 27 heavy (non-hydrogen) atoms. The molecule has 2 heterocycles. The van der Waals surface area contributed by atoms with Crippen molar-refractivity contribution in [2.45, 2.75) is 39.7 Å². The van der Waals surface area contributed by atoms with Gasteiger partial charge in [-0.25, -0.2) is 0 Å². The molecule has 144 valence electrons. The van der Waals surface area contributed by atoms with E-state index in [1.165, 1.54) is 16.9 Å². The van der Waals surface area contributed by atoms with Crippen molar-refractivity contribution in [3.8, 4) is 0 Å². The van der Waals surface area contributed by atoms with Gasteiger partial charge in [0.25, 0.3) is 5.91 Å². The minimum Gasteiger partial charge on any atom is -0.349 e. The zero-order valence-electron chi connectivity index (χ0n) is 16.2. The summed E-state index contributed by atoms with van der Waals surface area (Å²) in [6.45, 7) is 8.08. The molecule has 3 rings (SSSR count). The Morgan fingerprint density at radius 2 is 1.85 bits per heavy atom. The van der Waals surface area contributed by atoms with Gasteiger partial charge in [-0.2, -0.15) is 0 Å². The van der Waals surface area contributed by atoms with Gasteiger partial charge in [-0.1, -0.05) is 12.1 Å². The van der Waals surface area contributed by atoms with E-state index in [-0.39, 0.29) is 17.9 Å². The maximum Gasteiger partial charge on any atom is 0.261 e. The van der Waals surface area contributed by atoms with Crippen molar-refractivity contribution in [1.29, 1.82) is 0 Å². The van der Waals surface area contributed by atoms with Gasteiger partial charge in [-0.3, -0.25) is 14.5 Å². The Bertz CT molecular complexity index is 823. The van der Waals surface area contributed by atoms with Crippen LogP contribution in [0.2, 0.25) is 0 Å². The van der Waals surface area contributed by atoms with E-state index >= 15 is 0 Å². The number of hydrogen-bond donors (Lipinski definition) is 2. The van der Waals surface area contributed by atoms with Crippen LogP contribution in [0.25, 0.3) is 0 Å². The van der Waals surface area contributed by atoms with Crippen LogP contribution in [0.15, 0.2) is 30.3 Å². The lowest BCUT2D eigenvalue weighted by Crippen LogP contribution is -2.46. The fourth-order valence-electron chi connectivity index (χ4n) is 3.33. The summed E-state index contributed by atoms with van der Waals surface area (Å²) in [4.78, 5) is 28.7. The van der Waals surface area contributed by atoms with E-state index in [1.54, 1.807) is 0 Å². The molecule has 2 amide bonds. The predicted molar refractivity (Wildman–Crippen MR) is 111 cm³/mol. The first-order chi connectivity index (χ1) is 12.9. The molecule has 0 spiro atoms. The van der Waals surface area contributed by atoms with E-state index in [4.69, 9.17) is 0 Å². The second-order valence-corrected chi connectivity index (χ2v) is 8.52. The number of likely N-dealkylation sites (tertiary alicyclic amines) is 1. The Hall–Kier alpha value is -2.18. The number of piperidine rings is 1. The number of nitrogens with zero attached hydrogens (tertiary/aromatic N) is 1. The molecule has 1 fully saturated rings. The highest BCUT2D eigenvalue weighted by Crippen LogP contribution is 2.19. The third-order valence-corrected chi connectivity index (χ3v) is 6.13. The van der Waals surface area contributed by atoms with Crippen LogP contribution in [-0.4, -0.2) is 42.4 Å². The Morgan fingerprint density at radius 1 is 1.11 bits per heavy atom. The average molecular weight is 386 g/mol. The zero-order chi connectivity index (χ0) is 19.4. The van der Waals surface area contributed by atoms with Crippen LogP contribution in [-0.2, 0) is 4.79 Å². The molecule has 2 aromatic rings. The number of anilines is 1. The Labute approximate surface area is 164 Å². The number of hydrogen-bond acceptors (Lipinski definition) is 4. The SMILES string of the molecule is Cc1ccc(C(=O)NC2CCN(CC(=O)Nc3cccc(C)c3C)CC2)s1. The largest absolute Gasteiger partial charge is 0.349 e. The maximum atomic E-state index is 12.4. The van der Waals surface area contributed by atoms with Crippen molar-refractivity contribution >= 4 is 28.8 Å². The van der Waals surface area contributed by atoms with Crippen LogP contribution in [0, 0.1) is 20.8 Å². The van der Waals surface area contributed by atoms with E-state index in [9.17, 15) is 9.59 Å². The van der Waals surface area contributed by atoms with Gasteiger partial charge in [0.05, 0.1) is 11.4 Å². The van der Waals surface area contributed by atoms with Crippen molar-refractivity contribution < 1.29 is 9.59 Å². The quantitative estimate of drug-likeness (QED) is 0.828. The molecule has 0 radical (unpaired) electrons. The van der Waals surface area contributed by atoms with E-state index in [0.717, 1.165) is 46.9 Å². The zero-order valence-corrected chi connectivity index (χ0v) is 17.0. The lowest BCUT2D eigenvalue weighted by molar-refractivity contribution is -0.117. The third-order valence-electron chi connectivity index (χ3n) is 5.13. The summed E-state index contributed by atoms with van der Waals surface area (Å²) < 4.78 is 0. The number of aryl methyl sites for hydroxylation is 2. The van der Waals surface area contributed by atoms with E-state index in [0.29, 0.717) is 6.54 Å². The first-order valence-corrected chi connectivity index (χ1v) is 10.2. The number of benzene rings is 1. The van der Waals surface area contributed by atoms with Crippen LogP contribution < -0.4 is 10.6 Å². The second kappa shape index (κ2) is 8.67. The first kappa shape index (κ1) is 19.6. The molecule has 1 saturated heterocycles. The predicted octanol–water partition coefficient (Wildman–Crippen LogP) is 3.51. The number of rotatable bonds is 5. The molecule has 0 saturated carbocycles. The van der Waals surface area contributed by atoms with Gasteiger partial charge in [-0.15, -0.1) is 11.3 Å². The van der Waals surface area contributed by atoms with Crippen LogP contribution in [0.3, 0.4) is 0 Å². The van der Waals surface area contributed by atoms with Gasteiger partial charge in [-0.05, 0) is 62.9 Å². The lowest BCUT2D eigenvalue weighted by Gasteiger charge is -2.31. The van der Waals surface area contributed by atoms with Crippen LogP contribution >= 0.6 is 11.3 Å². The van der Waals surface area contributed by atoms with Gasteiger partial charge < -0.3 is 10.6 Å². The third kappa shape index (κ3) is 5.17. The summed E-state index contributed by atoms with van der Waals surface area (Å²) in [5.41, 5.74) is 3.16. The van der Waals surface area contributed by atoms with Crippen LogP contribution in [0.4, 0.5) is 5.69 Å². The average Bonchev–Trinajstić information content (AvgIpc) is 3.07. The van der Waals surface area contributed by atoms with E-state index in [1.807, 2.05) is 51.1 Å². The maximum absolute atomic E-state index is 12.4. The Kier molecular flexibility index (Phi) is 6.29. The molecule has 1 aromatic heterocycles. The second-order valence-electron chi connectivity index (χ2n) is 7.23. The molecule has 0 bridgehead atoms. The topological polar surface area (TPSA) is 61.4 Å². The minimum absolute atomic E-state index is 0.0132. The summed E-state index contributed by atoms with van der Waals surface area (Å²) >= 11 is 1.52. The molecule has 0 unspecified atom stereocenters. The summed E-state index contributed by atoms with van der Waals surface area (Å²) in [5.74, 6) is 0.0273. The van der Waals surface area contributed by atoms with E-state index in [2.05, 4.69) is 15.5 Å². The first-order valence-electron chi connectivity index (χ1n) is 9.38. The highest BCUT2D eigenvalue weighted by molar-refractivity contribution is 7.13. The fourth-order valence-corrected chi connectivity index (χ4v) is 4.10. The van der Waals surface area contributed by atoms with Gasteiger partial charge in [0.1, 0.15) is 0 Å². The van der Waals surface area contributed by atoms with Gasteiger partial charge in [0.2, 0.25) is 5.91 Å². The molecule has 2 N–H and O–H groups in total. The Morgan fingerprint density at radius 3 is 2.52 bits per heavy atom. The standard InChI is InChI=1S/C21H27N3O2S/c1-14-5-4-6-18(16(14)3)23-20(25)13-24-11-9-17(10-12-24)22-21(26)19-8-7-15(2)27-19/h4-8,17H,9-13H2,1-3H3,(H,22,26)(H,23,25). The van der Waals surface area contributed by atoms with Crippen molar-refractivity contribution in [3.05, 3.63) is 51.2 Å². The number of thiophene rings is 1. The molecule has 1 aliphatic heterocycles. The molecule has 5 nitrogen and oxygen atoms in total. The monoisotopic (exact) mass is 385 g/mol. The number of carbonyl (C=O) groups is 2. The van der Waals surface area contributed by atoms with Crippen LogP contribution in [0.5, 0.6) is 0 Å². The molecule has 1 aliphatic rings. The molecule has 0 atom stereocenters. The normalized spacial score (nSPS) is 15.5. The summed E-state index contributed by atoms with van der Waals surface area (Å²) in [5, 5.41) is 6.14.